The number of nitrogens with one attached hydrogen (secondary N) is 1. The van der Waals surface area contributed by atoms with E-state index in [0.29, 0.717) is 28.4 Å². The third-order valence-corrected chi connectivity index (χ3v) is 4.23. The Kier molecular flexibility index (Phi) is 2.99. The quantitative estimate of drug-likeness (QED) is 0.920. The minimum Gasteiger partial charge on any atom is -0.365 e. The largest absolute Gasteiger partial charge is 0.365 e. The van der Waals surface area contributed by atoms with E-state index in [4.69, 9.17) is 4.74 Å². The topological polar surface area (TPSA) is 51.2 Å². The fourth-order valence-corrected chi connectivity index (χ4v) is 3.03. The fourth-order valence-electron chi connectivity index (χ4n) is 2.16. The van der Waals surface area contributed by atoms with Gasteiger partial charge in [-0.25, -0.2) is 9.37 Å². The summed E-state index contributed by atoms with van der Waals surface area (Å²) in [7, 11) is 0. The van der Waals surface area contributed by atoms with Gasteiger partial charge in [0.15, 0.2) is 5.13 Å². The second-order valence-electron chi connectivity index (χ2n) is 4.74. The summed E-state index contributed by atoms with van der Waals surface area (Å²) in [5.74, 6) is -0.595. The normalized spacial score (nSPS) is 22.8. The van der Waals surface area contributed by atoms with Crippen LogP contribution in [0.5, 0.6) is 0 Å². The van der Waals surface area contributed by atoms with Crippen molar-refractivity contribution in [2.24, 2.45) is 0 Å². The Bertz CT molecular complexity index is 635. The Morgan fingerprint density at radius 1 is 1.58 bits per heavy atom. The van der Waals surface area contributed by atoms with Gasteiger partial charge in [0.25, 0.3) is 5.91 Å². The highest BCUT2D eigenvalue weighted by Crippen LogP contribution is 2.30. The fraction of sp³-hybridized carbons (Fsp3) is 0.385. The zero-order chi connectivity index (χ0) is 13.5. The first-order chi connectivity index (χ1) is 9.08. The van der Waals surface area contributed by atoms with Crippen LogP contribution in [0.2, 0.25) is 0 Å². The molecule has 1 aromatic heterocycles. The molecule has 0 bridgehead atoms. The summed E-state index contributed by atoms with van der Waals surface area (Å²) in [6.45, 7) is 2.36. The smallest absolute Gasteiger partial charge is 0.258 e. The molecule has 2 aromatic rings. The summed E-state index contributed by atoms with van der Waals surface area (Å²) < 4.78 is 19.7. The highest BCUT2D eigenvalue weighted by Gasteiger charge is 2.38. The number of hydrogen-bond donors (Lipinski definition) is 1. The SMILES string of the molecule is CC1(C(=O)Nc2nc3c(F)cccc3s2)CCCO1. The molecule has 1 atom stereocenters. The number of hydrogen-bond acceptors (Lipinski definition) is 4. The van der Waals surface area contributed by atoms with Crippen molar-refractivity contribution in [2.75, 3.05) is 11.9 Å². The van der Waals surface area contributed by atoms with E-state index in [9.17, 15) is 9.18 Å². The molecular weight excluding hydrogens is 267 g/mol. The van der Waals surface area contributed by atoms with Gasteiger partial charge in [-0.3, -0.25) is 10.1 Å². The van der Waals surface area contributed by atoms with E-state index >= 15 is 0 Å². The summed E-state index contributed by atoms with van der Waals surface area (Å²) >= 11 is 1.26. The molecule has 1 aromatic carbocycles. The molecule has 6 heteroatoms. The number of para-hydroxylation sites is 1. The van der Waals surface area contributed by atoms with Crippen molar-refractivity contribution in [1.82, 2.24) is 4.98 Å². The molecule has 4 nitrogen and oxygen atoms in total. The lowest BCUT2D eigenvalue weighted by Gasteiger charge is -2.20. The second-order valence-corrected chi connectivity index (χ2v) is 5.77. The van der Waals surface area contributed by atoms with Gasteiger partial charge in [-0.15, -0.1) is 0 Å². The number of ether oxygens (including phenoxy) is 1. The predicted molar refractivity (Wildman–Crippen MR) is 71.8 cm³/mol. The Labute approximate surface area is 113 Å². The lowest BCUT2D eigenvalue weighted by atomic mass is 10.0. The second kappa shape index (κ2) is 4.54. The third-order valence-electron chi connectivity index (χ3n) is 3.29. The average molecular weight is 280 g/mol. The molecule has 1 aliphatic rings. The van der Waals surface area contributed by atoms with Crippen LogP contribution in [0.1, 0.15) is 19.8 Å². The van der Waals surface area contributed by atoms with E-state index in [-0.39, 0.29) is 11.7 Å². The highest BCUT2D eigenvalue weighted by atomic mass is 32.1. The molecule has 0 saturated carbocycles. The minimum atomic E-state index is -0.795. The monoisotopic (exact) mass is 280 g/mol. The van der Waals surface area contributed by atoms with Crippen molar-refractivity contribution in [3.05, 3.63) is 24.0 Å². The number of anilines is 1. The van der Waals surface area contributed by atoms with Crippen molar-refractivity contribution >= 4 is 32.6 Å². The Balaban J connectivity index is 1.85. The first kappa shape index (κ1) is 12.5. The van der Waals surface area contributed by atoms with Gasteiger partial charge < -0.3 is 4.74 Å². The predicted octanol–water partition coefficient (Wildman–Crippen LogP) is 2.94. The Morgan fingerprint density at radius 2 is 2.42 bits per heavy atom. The molecule has 1 fully saturated rings. The van der Waals surface area contributed by atoms with Crippen LogP contribution < -0.4 is 5.32 Å². The number of nitrogens with zero attached hydrogens (tertiary/aromatic N) is 1. The molecule has 100 valence electrons. The van der Waals surface area contributed by atoms with Crippen LogP contribution in [0.4, 0.5) is 9.52 Å². The molecule has 2 heterocycles. The maximum atomic E-state index is 13.5. The Morgan fingerprint density at radius 3 is 3.11 bits per heavy atom. The maximum Gasteiger partial charge on any atom is 0.258 e. The van der Waals surface area contributed by atoms with Gasteiger partial charge in [-0.1, -0.05) is 17.4 Å². The first-order valence-electron chi connectivity index (χ1n) is 6.09. The van der Waals surface area contributed by atoms with Gasteiger partial charge in [0.05, 0.1) is 4.70 Å². The number of amides is 1. The Hall–Kier alpha value is -1.53. The maximum absolute atomic E-state index is 13.5. The van der Waals surface area contributed by atoms with Crippen LogP contribution in [0.15, 0.2) is 18.2 Å². The summed E-state index contributed by atoms with van der Waals surface area (Å²) in [6, 6.07) is 4.76. The van der Waals surface area contributed by atoms with Crippen LogP contribution in [-0.2, 0) is 9.53 Å². The number of halogens is 1. The van der Waals surface area contributed by atoms with E-state index in [2.05, 4.69) is 10.3 Å². The summed E-state index contributed by atoms with van der Waals surface area (Å²) in [6.07, 6.45) is 1.57. The summed E-state index contributed by atoms with van der Waals surface area (Å²) in [5.41, 5.74) is -0.503. The third kappa shape index (κ3) is 2.21. The molecule has 1 amide bonds. The molecular formula is C13H13FN2O2S. The van der Waals surface area contributed by atoms with Crippen LogP contribution in [-0.4, -0.2) is 23.1 Å². The van der Waals surface area contributed by atoms with Crippen LogP contribution in [0.25, 0.3) is 10.2 Å². The molecule has 0 radical (unpaired) electrons. The standard InChI is InChI=1S/C13H13FN2O2S/c1-13(6-3-7-18-13)11(17)16-12-15-10-8(14)4-2-5-9(10)19-12/h2,4-5H,3,6-7H2,1H3,(H,15,16,17). The van der Waals surface area contributed by atoms with Crippen molar-refractivity contribution in [3.63, 3.8) is 0 Å². The first-order valence-corrected chi connectivity index (χ1v) is 6.91. The number of fused-ring (bicyclic) bond motifs is 1. The molecule has 3 rings (SSSR count). The van der Waals surface area contributed by atoms with Gasteiger partial charge in [0.1, 0.15) is 16.9 Å². The lowest BCUT2D eigenvalue weighted by Crippen LogP contribution is -2.39. The van der Waals surface area contributed by atoms with Crippen LogP contribution in [0, 0.1) is 5.82 Å². The number of benzene rings is 1. The van der Waals surface area contributed by atoms with E-state index in [1.54, 1.807) is 19.1 Å². The van der Waals surface area contributed by atoms with Crippen LogP contribution in [0.3, 0.4) is 0 Å². The van der Waals surface area contributed by atoms with Gasteiger partial charge in [-0.2, -0.15) is 0 Å². The molecule has 0 spiro atoms. The molecule has 19 heavy (non-hydrogen) atoms. The molecule has 0 aliphatic carbocycles. The lowest BCUT2D eigenvalue weighted by molar-refractivity contribution is -0.133. The molecule has 1 unspecified atom stereocenters. The summed E-state index contributed by atoms with van der Waals surface area (Å²) in [4.78, 5) is 16.2. The zero-order valence-corrected chi connectivity index (χ0v) is 11.2. The number of thiazole rings is 1. The summed E-state index contributed by atoms with van der Waals surface area (Å²) in [5, 5.41) is 3.12. The number of aromatic nitrogens is 1. The van der Waals surface area contributed by atoms with Crippen molar-refractivity contribution in [1.29, 1.82) is 0 Å². The van der Waals surface area contributed by atoms with Crippen LogP contribution >= 0.6 is 11.3 Å². The van der Waals surface area contributed by atoms with E-state index in [0.717, 1.165) is 6.42 Å². The van der Waals surface area contributed by atoms with Crippen molar-refractivity contribution in [3.8, 4) is 0 Å². The van der Waals surface area contributed by atoms with E-state index in [1.807, 2.05) is 0 Å². The van der Waals surface area contributed by atoms with Gasteiger partial charge in [0, 0.05) is 6.61 Å². The zero-order valence-electron chi connectivity index (χ0n) is 10.4. The minimum absolute atomic E-state index is 0.218. The number of carbonyl (C=O) groups is 1. The van der Waals surface area contributed by atoms with Gasteiger partial charge in [0.2, 0.25) is 0 Å². The number of carbonyl (C=O) groups excluding carboxylic acids is 1. The van der Waals surface area contributed by atoms with Crippen molar-refractivity contribution < 1.29 is 13.9 Å². The van der Waals surface area contributed by atoms with E-state index in [1.165, 1.54) is 17.4 Å². The van der Waals surface area contributed by atoms with Gasteiger partial charge in [-0.05, 0) is 31.9 Å². The molecule has 1 N–H and O–H groups in total. The van der Waals surface area contributed by atoms with Gasteiger partial charge >= 0.3 is 0 Å². The molecule has 1 saturated heterocycles. The molecule has 1 aliphatic heterocycles. The number of rotatable bonds is 2. The van der Waals surface area contributed by atoms with Crippen molar-refractivity contribution in [2.45, 2.75) is 25.4 Å². The highest BCUT2D eigenvalue weighted by molar-refractivity contribution is 7.22. The van der Waals surface area contributed by atoms with E-state index < -0.39 is 5.60 Å². The average Bonchev–Trinajstić information content (AvgIpc) is 2.97.